The highest BCUT2D eigenvalue weighted by atomic mass is 16.8. The standard InChI is InChI=1S/C56H90O27/c1-20-8-11-56(73-18-20)21(2)34-29(83-56)13-27-25-7-6-23-12-24(9-10-54(23,4)26(25)14-33(61)55(27,34)5)75-51-43(70)39(66)45(31(16-58)77-51)79-52-44(71)40(67)46(32(17-59)78-52)80-53-48(82-49-41(68)36(63)28(60)19-72-49)47(37(64)30(15-57)76-53)81-50-42(69)38(65)35(62)22(3)74-50/h20-32,34-53,57-60,62-71H,6-19H2,1-5H3. The number of ether oxygens (including phenoxy) is 12. The van der Waals surface area contributed by atoms with Crippen molar-refractivity contribution in [3.63, 3.8) is 0 Å². The largest absolute Gasteiger partial charge is 0.394 e. The first kappa shape index (κ1) is 63.2. The van der Waals surface area contributed by atoms with Crippen LogP contribution < -0.4 is 0 Å². The molecule has 0 amide bonds. The number of hydrogen-bond acceptors (Lipinski definition) is 27. The molecule has 0 aromatic heterocycles. The minimum absolute atomic E-state index is 0.0172. The Morgan fingerprint density at radius 1 is 0.530 bits per heavy atom. The predicted octanol–water partition coefficient (Wildman–Crippen LogP) is -4.24. The zero-order chi connectivity index (χ0) is 59.5. The monoisotopic (exact) mass is 1190 g/mol. The van der Waals surface area contributed by atoms with Gasteiger partial charge >= 0.3 is 0 Å². The molecular formula is C56H90O27. The SMILES string of the molecule is CC1CCC2(OC1)OC1CC3C4CCC5CC(OC6OC(CO)C(OC7OC(CO)C(OC8OC(CO)C(O)C(OC9OC(C)C(O)C(O)C9O)C8OC8OCC(O)C(O)C8O)C(O)C7O)C(O)C6O)CCC5(C)C4CC(=O)C3(C)C1C2C. The lowest BCUT2D eigenvalue weighted by atomic mass is 9.44. The van der Waals surface area contributed by atoms with Crippen molar-refractivity contribution in [2.75, 3.05) is 33.0 Å². The quantitative estimate of drug-likeness (QED) is 0.0777. The Morgan fingerprint density at radius 2 is 1.11 bits per heavy atom. The van der Waals surface area contributed by atoms with Gasteiger partial charge in [0.15, 0.2) is 37.2 Å². The number of carbonyl (C=O) groups is 1. The fourth-order valence-electron chi connectivity index (χ4n) is 17.0. The molecule has 4 saturated carbocycles. The number of fused-ring (bicyclic) bond motifs is 7. The van der Waals surface area contributed by atoms with Crippen LogP contribution in [-0.4, -0.2) is 276 Å². The molecule has 7 saturated heterocycles. The van der Waals surface area contributed by atoms with Gasteiger partial charge in [-0.25, -0.2) is 0 Å². The fraction of sp³-hybridized carbons (Fsp3) is 0.982. The van der Waals surface area contributed by atoms with Crippen LogP contribution in [-0.2, 0) is 61.6 Å². The second kappa shape index (κ2) is 24.4. The van der Waals surface area contributed by atoms with Crippen molar-refractivity contribution in [2.45, 2.75) is 258 Å². The Balaban J connectivity index is 0.732. The summed E-state index contributed by atoms with van der Waals surface area (Å²) in [5.41, 5.74) is -0.636. The van der Waals surface area contributed by atoms with E-state index < -0.39 is 191 Å². The Labute approximate surface area is 480 Å². The number of aliphatic hydroxyl groups is 14. The molecule has 1 spiro atoms. The van der Waals surface area contributed by atoms with E-state index in [1.165, 1.54) is 6.92 Å². The molecule has 476 valence electrons. The Bertz CT molecular complexity index is 2210. The van der Waals surface area contributed by atoms with Gasteiger partial charge in [-0.3, -0.25) is 4.79 Å². The van der Waals surface area contributed by atoms with Crippen molar-refractivity contribution in [1.82, 2.24) is 0 Å². The molecule has 7 heterocycles. The van der Waals surface area contributed by atoms with Crippen molar-refractivity contribution in [2.24, 2.45) is 52.3 Å². The average Bonchev–Trinajstić information content (AvgIpc) is 3.01. The summed E-state index contributed by atoms with van der Waals surface area (Å²) < 4.78 is 72.9. The molecule has 27 heteroatoms. The fourth-order valence-corrected chi connectivity index (χ4v) is 17.0. The van der Waals surface area contributed by atoms with Crippen molar-refractivity contribution >= 4 is 5.78 Å². The summed E-state index contributed by atoms with van der Waals surface area (Å²) in [7, 11) is 0. The van der Waals surface area contributed by atoms with Gasteiger partial charge in [0, 0.05) is 30.1 Å². The van der Waals surface area contributed by atoms with Crippen LogP contribution in [0.15, 0.2) is 0 Å². The Kier molecular flexibility index (Phi) is 18.6. The van der Waals surface area contributed by atoms with Crippen LogP contribution in [0.3, 0.4) is 0 Å². The van der Waals surface area contributed by atoms with Crippen LogP contribution in [0.25, 0.3) is 0 Å². The van der Waals surface area contributed by atoms with Crippen LogP contribution in [0, 0.1) is 52.3 Å². The zero-order valence-corrected chi connectivity index (χ0v) is 47.5. The summed E-state index contributed by atoms with van der Waals surface area (Å²) in [6.07, 6.45) is -35.7. The van der Waals surface area contributed by atoms with Crippen LogP contribution in [0.1, 0.15) is 92.4 Å². The van der Waals surface area contributed by atoms with Gasteiger partial charge in [0.05, 0.1) is 51.3 Å². The van der Waals surface area contributed by atoms with E-state index >= 15 is 0 Å². The van der Waals surface area contributed by atoms with E-state index in [1.807, 2.05) is 0 Å². The van der Waals surface area contributed by atoms with Gasteiger partial charge in [-0.2, -0.15) is 0 Å². The number of ketones is 1. The maximum atomic E-state index is 14.7. The second-order valence-electron chi connectivity index (χ2n) is 26.5. The summed E-state index contributed by atoms with van der Waals surface area (Å²) >= 11 is 0. The van der Waals surface area contributed by atoms with Gasteiger partial charge in [0.25, 0.3) is 0 Å². The third-order valence-electron chi connectivity index (χ3n) is 21.9. The highest BCUT2D eigenvalue weighted by Gasteiger charge is 2.72. The highest BCUT2D eigenvalue weighted by Crippen LogP contribution is 2.70. The van der Waals surface area contributed by atoms with E-state index in [2.05, 4.69) is 27.7 Å². The predicted molar refractivity (Wildman–Crippen MR) is 274 cm³/mol. The first-order valence-corrected chi connectivity index (χ1v) is 30.1. The van der Waals surface area contributed by atoms with E-state index in [0.717, 1.165) is 38.5 Å². The molecule has 27 nitrogen and oxygen atoms in total. The molecule has 11 rings (SSSR count). The molecule has 0 aromatic rings. The van der Waals surface area contributed by atoms with Gasteiger partial charge in [-0.05, 0) is 86.9 Å². The topological polar surface area (TPSA) is 411 Å². The third kappa shape index (κ3) is 10.9. The number of hydrogen-bond donors (Lipinski definition) is 14. The van der Waals surface area contributed by atoms with E-state index in [1.54, 1.807) is 0 Å². The van der Waals surface area contributed by atoms with Crippen LogP contribution in [0.4, 0.5) is 0 Å². The average molecular weight is 1200 g/mol. The summed E-state index contributed by atoms with van der Waals surface area (Å²) in [6, 6.07) is 0. The number of rotatable bonds is 13. The van der Waals surface area contributed by atoms with E-state index in [4.69, 9.17) is 56.8 Å². The van der Waals surface area contributed by atoms with Crippen LogP contribution >= 0.6 is 0 Å². The maximum absolute atomic E-state index is 14.7. The minimum Gasteiger partial charge on any atom is -0.394 e. The first-order chi connectivity index (χ1) is 39.4. The van der Waals surface area contributed by atoms with E-state index in [-0.39, 0.29) is 41.1 Å². The van der Waals surface area contributed by atoms with Gasteiger partial charge in [0.1, 0.15) is 116 Å². The van der Waals surface area contributed by atoms with Crippen LogP contribution in [0.5, 0.6) is 0 Å². The summed E-state index contributed by atoms with van der Waals surface area (Å²) in [5.74, 6) is 1.36. The van der Waals surface area contributed by atoms with Crippen molar-refractivity contribution in [3.05, 3.63) is 0 Å². The van der Waals surface area contributed by atoms with Crippen molar-refractivity contribution in [1.29, 1.82) is 0 Å². The van der Waals surface area contributed by atoms with Crippen LogP contribution in [0.2, 0.25) is 0 Å². The Hall–Kier alpha value is -1.37. The molecule has 0 bridgehead atoms. The first-order valence-electron chi connectivity index (χ1n) is 30.1. The maximum Gasteiger partial charge on any atom is 0.187 e. The molecule has 36 unspecified atom stereocenters. The van der Waals surface area contributed by atoms with Gasteiger partial charge in [0.2, 0.25) is 0 Å². The molecular weight excluding hydrogens is 1100 g/mol. The molecule has 4 aliphatic carbocycles. The lowest BCUT2D eigenvalue weighted by molar-refractivity contribution is -0.405. The zero-order valence-electron chi connectivity index (χ0n) is 47.5. The van der Waals surface area contributed by atoms with Crippen molar-refractivity contribution < 1.29 is 133 Å². The molecule has 36 atom stereocenters. The second-order valence-corrected chi connectivity index (χ2v) is 26.5. The molecule has 83 heavy (non-hydrogen) atoms. The highest BCUT2D eigenvalue weighted by molar-refractivity contribution is 5.87. The normalized spacial score (nSPS) is 57.4. The van der Waals surface area contributed by atoms with Gasteiger partial charge in [-0.1, -0.05) is 27.7 Å². The molecule has 0 radical (unpaired) electrons. The lowest BCUT2D eigenvalue weighted by Crippen LogP contribution is -2.68. The summed E-state index contributed by atoms with van der Waals surface area (Å²) in [5, 5.41) is 153. The molecule has 11 fully saturated rings. The lowest BCUT2D eigenvalue weighted by Gasteiger charge is -2.60. The molecule has 11 aliphatic rings. The Morgan fingerprint density at radius 3 is 1.75 bits per heavy atom. The summed E-state index contributed by atoms with van der Waals surface area (Å²) in [4.78, 5) is 14.7. The van der Waals surface area contributed by atoms with Crippen molar-refractivity contribution in [3.8, 4) is 0 Å². The minimum atomic E-state index is -2.10. The van der Waals surface area contributed by atoms with E-state index in [9.17, 15) is 76.3 Å². The smallest absolute Gasteiger partial charge is 0.187 e. The number of aliphatic hydroxyl groups excluding tert-OH is 14. The van der Waals surface area contributed by atoms with Gasteiger partial charge in [-0.15, -0.1) is 0 Å². The molecule has 7 aliphatic heterocycles. The van der Waals surface area contributed by atoms with E-state index in [0.29, 0.717) is 43.5 Å². The third-order valence-corrected chi connectivity index (χ3v) is 21.9. The number of Topliss-reactive ketones (excluding diaryl/α,β-unsaturated/α-hetero) is 1. The van der Waals surface area contributed by atoms with Gasteiger partial charge < -0.3 is 128 Å². The summed E-state index contributed by atoms with van der Waals surface area (Å²) in [6.45, 7) is 7.71. The molecule has 14 N–H and O–H groups in total. The number of carbonyl (C=O) groups excluding carboxylic acids is 1. The molecule has 0 aromatic carbocycles.